The number of carbonyl (C=O) groups is 2. The maximum Gasteiger partial charge on any atom is 0.272 e. The second kappa shape index (κ2) is 15.3. The minimum atomic E-state index is -0.287. The molecule has 0 saturated carbocycles. The van der Waals surface area contributed by atoms with Crippen molar-refractivity contribution in [3.8, 4) is 22.8 Å². The molecule has 0 unspecified atom stereocenters. The minimum absolute atomic E-state index is 0.0434. The Morgan fingerprint density at radius 2 is 1.70 bits per heavy atom. The SMILES string of the molecule is CCCCNC(=O)C[C@H](CC(C)C)NC(=O)c1cc(-c2c(OC)cccc2OC)n(CC(CC)CC)n1. The molecule has 0 radical (unpaired) electrons. The van der Waals surface area contributed by atoms with Crippen molar-refractivity contribution in [2.45, 2.75) is 85.7 Å². The van der Waals surface area contributed by atoms with E-state index in [2.05, 4.69) is 45.3 Å². The fourth-order valence-corrected chi connectivity index (χ4v) is 4.49. The van der Waals surface area contributed by atoms with Crippen LogP contribution in [-0.4, -0.2) is 48.4 Å². The van der Waals surface area contributed by atoms with E-state index in [4.69, 9.17) is 14.6 Å². The van der Waals surface area contributed by atoms with Gasteiger partial charge in [0.25, 0.3) is 5.91 Å². The van der Waals surface area contributed by atoms with Gasteiger partial charge in [0.2, 0.25) is 5.91 Å². The van der Waals surface area contributed by atoms with Gasteiger partial charge in [-0.1, -0.05) is 59.9 Å². The van der Waals surface area contributed by atoms with Crippen molar-refractivity contribution < 1.29 is 19.1 Å². The quantitative estimate of drug-likeness (QED) is 0.290. The van der Waals surface area contributed by atoms with E-state index in [-0.39, 0.29) is 24.3 Å². The van der Waals surface area contributed by atoms with Crippen molar-refractivity contribution in [1.29, 1.82) is 0 Å². The van der Waals surface area contributed by atoms with Gasteiger partial charge < -0.3 is 20.1 Å². The molecule has 8 nitrogen and oxygen atoms in total. The highest BCUT2D eigenvalue weighted by molar-refractivity contribution is 5.94. The van der Waals surface area contributed by atoms with Crippen LogP contribution in [-0.2, 0) is 11.3 Å². The second-order valence-electron chi connectivity index (χ2n) is 10.0. The Kier molecular flexibility index (Phi) is 12.5. The second-order valence-corrected chi connectivity index (χ2v) is 10.0. The number of hydrogen-bond donors (Lipinski definition) is 2. The van der Waals surface area contributed by atoms with Crippen LogP contribution in [0.5, 0.6) is 11.5 Å². The first-order valence-electron chi connectivity index (χ1n) is 13.6. The number of carbonyl (C=O) groups excluding carboxylic acids is 2. The molecule has 2 N–H and O–H groups in total. The smallest absolute Gasteiger partial charge is 0.272 e. The molecule has 0 aliphatic rings. The highest BCUT2D eigenvalue weighted by atomic mass is 16.5. The molecule has 0 fully saturated rings. The molecule has 0 bridgehead atoms. The largest absolute Gasteiger partial charge is 0.496 e. The molecular weight excluding hydrogens is 468 g/mol. The van der Waals surface area contributed by atoms with Crippen LogP contribution in [0, 0.1) is 11.8 Å². The number of aromatic nitrogens is 2. The first-order valence-corrected chi connectivity index (χ1v) is 13.6. The summed E-state index contributed by atoms with van der Waals surface area (Å²) in [6.45, 7) is 11.9. The third-order valence-corrected chi connectivity index (χ3v) is 6.66. The fraction of sp³-hybridized carbons (Fsp3) is 0.621. The van der Waals surface area contributed by atoms with Gasteiger partial charge in [-0.05, 0) is 42.9 Å². The van der Waals surface area contributed by atoms with Crippen molar-refractivity contribution in [2.75, 3.05) is 20.8 Å². The molecule has 2 amide bonds. The number of methoxy groups -OCH3 is 2. The Morgan fingerprint density at radius 1 is 1.05 bits per heavy atom. The zero-order chi connectivity index (χ0) is 27.4. The van der Waals surface area contributed by atoms with E-state index in [1.807, 2.05) is 22.9 Å². The number of rotatable bonds is 16. The number of nitrogens with zero attached hydrogens (tertiary/aromatic N) is 2. The lowest BCUT2D eigenvalue weighted by Crippen LogP contribution is -2.40. The zero-order valence-electron chi connectivity index (χ0n) is 23.7. The lowest BCUT2D eigenvalue weighted by Gasteiger charge is -2.20. The minimum Gasteiger partial charge on any atom is -0.496 e. The average molecular weight is 515 g/mol. The monoisotopic (exact) mass is 514 g/mol. The fourth-order valence-electron chi connectivity index (χ4n) is 4.49. The van der Waals surface area contributed by atoms with E-state index >= 15 is 0 Å². The van der Waals surface area contributed by atoms with Gasteiger partial charge in [-0.3, -0.25) is 14.3 Å². The predicted molar refractivity (Wildman–Crippen MR) is 148 cm³/mol. The molecule has 2 aromatic rings. The summed E-state index contributed by atoms with van der Waals surface area (Å²) < 4.78 is 13.2. The predicted octanol–water partition coefficient (Wildman–Crippen LogP) is 5.45. The third kappa shape index (κ3) is 8.79. The van der Waals surface area contributed by atoms with Crippen molar-refractivity contribution in [3.05, 3.63) is 30.0 Å². The van der Waals surface area contributed by atoms with E-state index < -0.39 is 0 Å². The van der Waals surface area contributed by atoms with Crippen molar-refractivity contribution >= 4 is 11.8 Å². The van der Waals surface area contributed by atoms with Crippen molar-refractivity contribution in [2.24, 2.45) is 11.8 Å². The van der Waals surface area contributed by atoms with Gasteiger partial charge in [-0.25, -0.2) is 0 Å². The highest BCUT2D eigenvalue weighted by Gasteiger charge is 2.25. The first kappa shape index (κ1) is 30.2. The lowest BCUT2D eigenvalue weighted by molar-refractivity contribution is -0.121. The van der Waals surface area contributed by atoms with Gasteiger partial charge in [0.1, 0.15) is 11.5 Å². The molecule has 0 saturated heterocycles. The summed E-state index contributed by atoms with van der Waals surface area (Å²) in [4.78, 5) is 25.9. The van der Waals surface area contributed by atoms with E-state index in [1.165, 1.54) is 0 Å². The van der Waals surface area contributed by atoms with Crippen LogP contribution < -0.4 is 20.1 Å². The van der Waals surface area contributed by atoms with E-state index in [9.17, 15) is 9.59 Å². The molecule has 1 aromatic carbocycles. The lowest BCUT2D eigenvalue weighted by atomic mass is 10.0. The Morgan fingerprint density at radius 3 is 2.24 bits per heavy atom. The Balaban J connectivity index is 2.40. The van der Waals surface area contributed by atoms with Gasteiger partial charge in [0, 0.05) is 25.6 Å². The van der Waals surface area contributed by atoms with Crippen LogP contribution in [0.25, 0.3) is 11.3 Å². The summed E-state index contributed by atoms with van der Waals surface area (Å²) in [5, 5.41) is 10.8. The number of hydrogen-bond acceptors (Lipinski definition) is 5. The van der Waals surface area contributed by atoms with Crippen LogP contribution >= 0.6 is 0 Å². The molecule has 1 heterocycles. The van der Waals surface area contributed by atoms with Gasteiger partial charge in [0.15, 0.2) is 5.69 Å². The summed E-state index contributed by atoms with van der Waals surface area (Å²) in [6.07, 6.45) is 4.92. The van der Waals surface area contributed by atoms with Gasteiger partial charge in [-0.15, -0.1) is 0 Å². The normalized spacial score (nSPS) is 12.0. The van der Waals surface area contributed by atoms with Crippen molar-refractivity contribution in [3.63, 3.8) is 0 Å². The molecule has 0 spiro atoms. The third-order valence-electron chi connectivity index (χ3n) is 6.66. The molecule has 0 aliphatic heterocycles. The van der Waals surface area contributed by atoms with E-state index in [1.54, 1.807) is 20.3 Å². The van der Waals surface area contributed by atoms with Crippen LogP contribution in [0.15, 0.2) is 24.3 Å². The van der Waals surface area contributed by atoms with Crippen LogP contribution in [0.4, 0.5) is 0 Å². The molecule has 1 atom stereocenters. The molecule has 1 aromatic heterocycles. The molecule has 37 heavy (non-hydrogen) atoms. The molecule has 8 heteroatoms. The average Bonchev–Trinajstić information content (AvgIpc) is 3.29. The number of amides is 2. The summed E-state index contributed by atoms with van der Waals surface area (Å²) in [5.41, 5.74) is 1.84. The maximum atomic E-state index is 13.4. The van der Waals surface area contributed by atoms with E-state index in [0.717, 1.165) is 36.9 Å². The number of benzene rings is 1. The topological polar surface area (TPSA) is 94.5 Å². The van der Waals surface area contributed by atoms with E-state index in [0.29, 0.717) is 48.5 Å². The van der Waals surface area contributed by atoms with Crippen LogP contribution in [0.2, 0.25) is 0 Å². The number of nitrogens with one attached hydrogen (secondary N) is 2. The summed E-state index contributed by atoms with van der Waals surface area (Å²) in [6, 6.07) is 7.15. The summed E-state index contributed by atoms with van der Waals surface area (Å²) in [5.74, 6) is 1.71. The highest BCUT2D eigenvalue weighted by Crippen LogP contribution is 2.39. The maximum absolute atomic E-state index is 13.4. The molecule has 2 rings (SSSR count). The summed E-state index contributed by atoms with van der Waals surface area (Å²) in [7, 11) is 3.24. The number of ether oxygens (including phenoxy) is 2. The Bertz CT molecular complexity index is 976. The Labute approximate surface area is 222 Å². The van der Waals surface area contributed by atoms with Crippen LogP contribution in [0.1, 0.15) is 83.6 Å². The zero-order valence-corrected chi connectivity index (χ0v) is 23.7. The van der Waals surface area contributed by atoms with Crippen molar-refractivity contribution in [1.82, 2.24) is 20.4 Å². The van der Waals surface area contributed by atoms with Gasteiger partial charge in [-0.2, -0.15) is 5.10 Å². The Hall–Kier alpha value is -3.03. The van der Waals surface area contributed by atoms with Crippen LogP contribution in [0.3, 0.4) is 0 Å². The number of unbranched alkanes of at least 4 members (excludes halogenated alkanes) is 1. The molecule has 0 aliphatic carbocycles. The summed E-state index contributed by atoms with van der Waals surface area (Å²) >= 11 is 0. The molecule has 206 valence electrons. The first-order chi connectivity index (χ1) is 17.8. The standard InChI is InChI=1S/C29H46N4O4/c1-8-11-15-30-27(34)17-22(16-20(4)5)31-29(35)23-18-24(33(32-23)19-21(9-2)10-3)28-25(36-6)13-12-14-26(28)37-7/h12-14,18,20-22H,8-11,15-17,19H2,1-7H3,(H,30,34)(H,31,35)/t22-/m0/s1. The van der Waals surface area contributed by atoms with Gasteiger partial charge in [0.05, 0.1) is 25.5 Å². The van der Waals surface area contributed by atoms with Gasteiger partial charge >= 0.3 is 0 Å². The molecular formula is C29H46N4O4.